The van der Waals surface area contributed by atoms with Gasteiger partial charge >= 0.3 is 0 Å². The predicted octanol–water partition coefficient (Wildman–Crippen LogP) is 10.7. The van der Waals surface area contributed by atoms with Gasteiger partial charge in [0.2, 0.25) is 0 Å². The number of fused-ring (bicyclic) bond motifs is 8. The monoisotopic (exact) mass is 661 g/mol. The first kappa shape index (κ1) is 30.5. The second kappa shape index (κ2) is 11.2. The van der Waals surface area contributed by atoms with Gasteiger partial charge in [0.15, 0.2) is 0 Å². The zero-order chi connectivity index (χ0) is 34.2. The van der Waals surface area contributed by atoms with E-state index < -0.39 is 8.07 Å². The van der Waals surface area contributed by atoms with Gasteiger partial charge in [-0.25, -0.2) is 0 Å². The van der Waals surface area contributed by atoms with Crippen LogP contribution in [-0.2, 0) is 5.41 Å². The van der Waals surface area contributed by atoms with Gasteiger partial charge in [-0.1, -0.05) is 141 Å². The van der Waals surface area contributed by atoms with Crippen LogP contribution in [0.1, 0.15) is 26.3 Å². The molecule has 4 heteroatoms. The van der Waals surface area contributed by atoms with E-state index in [9.17, 15) is 0 Å². The minimum Gasteiger partial charge on any atom is -0.306 e. The zero-order valence-corrected chi connectivity index (χ0v) is 30.2. The minimum atomic E-state index is -2.27. The van der Waals surface area contributed by atoms with Crippen molar-refractivity contribution >= 4 is 40.3 Å². The van der Waals surface area contributed by atoms with E-state index in [1.54, 1.807) is 0 Å². The molecule has 5 aromatic carbocycles. The highest BCUT2D eigenvalue weighted by Gasteiger charge is 2.31. The van der Waals surface area contributed by atoms with Crippen LogP contribution in [0.2, 0.25) is 13.1 Å². The van der Waals surface area contributed by atoms with Crippen LogP contribution in [-0.4, -0.2) is 22.6 Å². The normalized spacial score (nSPS) is 12.5. The summed E-state index contributed by atoms with van der Waals surface area (Å²) in [4.78, 5) is 10.0. The van der Waals surface area contributed by atoms with Crippen molar-refractivity contribution in [3.8, 4) is 50.5 Å². The number of para-hydroxylation sites is 2. The van der Waals surface area contributed by atoms with Crippen LogP contribution in [0.4, 0.5) is 0 Å². The molecule has 50 heavy (non-hydrogen) atoms. The molecule has 0 spiro atoms. The summed E-state index contributed by atoms with van der Waals surface area (Å²) in [6.45, 7) is 11.8. The standard InChI is InChI=1S/C46H39N3Si/c1-46(2,3)33-21-23-47-41(28-33)32-25-31(30-13-7-6-8-14-30)26-35(27-32)50(4,5)34-19-20-36-37-15-9-11-17-42(37)49-43-18-12-10-16-38(43)39-22-24-48-44(45(39)49)40(36)29-34/h6-29H,1-5H3. The van der Waals surface area contributed by atoms with Gasteiger partial charge in [-0.3, -0.25) is 9.97 Å². The maximum atomic E-state index is 5.13. The summed E-state index contributed by atoms with van der Waals surface area (Å²) in [5, 5.41) is 5.25. The van der Waals surface area contributed by atoms with Gasteiger partial charge in [0.05, 0.1) is 28.1 Å². The molecule has 1 aliphatic heterocycles. The average molecular weight is 662 g/mol. The third kappa shape index (κ3) is 4.78. The molecule has 1 aliphatic rings. The Hall–Kier alpha value is -5.58. The third-order valence-corrected chi connectivity index (χ3v) is 14.2. The Morgan fingerprint density at radius 1 is 0.540 bits per heavy atom. The molecule has 0 N–H and O–H groups in total. The maximum Gasteiger partial charge on any atom is 0.112 e. The second-order valence-electron chi connectivity index (χ2n) is 15.2. The van der Waals surface area contributed by atoms with Crippen molar-refractivity contribution in [2.24, 2.45) is 0 Å². The van der Waals surface area contributed by atoms with E-state index in [1.165, 1.54) is 71.2 Å². The van der Waals surface area contributed by atoms with Crippen LogP contribution >= 0.6 is 0 Å². The first-order valence-electron chi connectivity index (χ1n) is 17.5. The summed E-state index contributed by atoms with van der Waals surface area (Å²) in [7, 11) is -2.27. The van der Waals surface area contributed by atoms with E-state index in [2.05, 4.69) is 172 Å². The largest absolute Gasteiger partial charge is 0.306 e. The van der Waals surface area contributed by atoms with Crippen molar-refractivity contribution < 1.29 is 0 Å². The fourth-order valence-corrected chi connectivity index (χ4v) is 10.1. The first-order chi connectivity index (χ1) is 24.2. The number of nitrogens with zero attached hydrogens (tertiary/aromatic N) is 3. The minimum absolute atomic E-state index is 0.0364. The molecule has 0 radical (unpaired) electrons. The van der Waals surface area contributed by atoms with Crippen LogP contribution in [0.15, 0.2) is 146 Å². The second-order valence-corrected chi connectivity index (χ2v) is 19.6. The van der Waals surface area contributed by atoms with Gasteiger partial charge in [0, 0.05) is 39.9 Å². The van der Waals surface area contributed by atoms with Crippen molar-refractivity contribution in [3.05, 3.63) is 151 Å². The van der Waals surface area contributed by atoms with Crippen LogP contribution < -0.4 is 10.4 Å². The number of pyridine rings is 2. The zero-order valence-electron chi connectivity index (χ0n) is 29.2. The molecule has 4 heterocycles. The van der Waals surface area contributed by atoms with Crippen LogP contribution in [0.5, 0.6) is 0 Å². The highest BCUT2D eigenvalue weighted by atomic mass is 28.3. The molecule has 0 saturated heterocycles. The quantitative estimate of drug-likeness (QED) is 0.176. The third-order valence-electron chi connectivity index (χ3n) is 10.7. The van der Waals surface area contributed by atoms with Crippen LogP contribution in [0, 0.1) is 0 Å². The molecule has 242 valence electrons. The number of hydrogen-bond donors (Lipinski definition) is 0. The highest BCUT2D eigenvalue weighted by Crippen LogP contribution is 2.45. The van der Waals surface area contributed by atoms with Crippen molar-refractivity contribution in [1.82, 2.24) is 14.5 Å². The van der Waals surface area contributed by atoms with E-state index >= 15 is 0 Å². The van der Waals surface area contributed by atoms with Crippen LogP contribution in [0.25, 0.3) is 72.3 Å². The lowest BCUT2D eigenvalue weighted by Gasteiger charge is -2.27. The highest BCUT2D eigenvalue weighted by molar-refractivity contribution is 7.00. The number of rotatable bonds is 4. The molecule has 3 aromatic heterocycles. The summed E-state index contributed by atoms with van der Waals surface area (Å²) >= 11 is 0. The Kier molecular flexibility index (Phi) is 6.84. The van der Waals surface area contributed by atoms with E-state index in [0.717, 1.165) is 17.0 Å². The van der Waals surface area contributed by atoms with Gasteiger partial charge in [-0.05, 0) is 64.1 Å². The maximum absolute atomic E-state index is 5.13. The number of hydrogen-bond acceptors (Lipinski definition) is 2. The molecule has 3 nitrogen and oxygen atoms in total. The van der Waals surface area contributed by atoms with Crippen molar-refractivity contribution in [2.75, 3.05) is 0 Å². The smallest absolute Gasteiger partial charge is 0.112 e. The van der Waals surface area contributed by atoms with E-state index in [4.69, 9.17) is 9.97 Å². The summed E-state index contributed by atoms with van der Waals surface area (Å²) < 4.78 is 2.43. The Morgan fingerprint density at radius 3 is 2.12 bits per heavy atom. The molecule has 0 atom stereocenters. The number of benzene rings is 5. The molecule has 0 saturated carbocycles. The van der Waals surface area contributed by atoms with Crippen molar-refractivity contribution in [1.29, 1.82) is 0 Å². The van der Waals surface area contributed by atoms with Gasteiger partial charge in [0.1, 0.15) is 8.07 Å². The Labute approximate surface area is 295 Å². The Balaban J connectivity index is 1.27. The summed E-state index contributed by atoms with van der Waals surface area (Å²) in [5.41, 5.74) is 14.2. The van der Waals surface area contributed by atoms with Gasteiger partial charge in [0.25, 0.3) is 0 Å². The Morgan fingerprint density at radius 2 is 1.28 bits per heavy atom. The van der Waals surface area contributed by atoms with E-state index in [0.29, 0.717) is 0 Å². The van der Waals surface area contributed by atoms with E-state index in [-0.39, 0.29) is 5.41 Å². The fourth-order valence-electron chi connectivity index (χ4n) is 7.78. The molecule has 0 unspecified atom stereocenters. The molecule has 0 aliphatic carbocycles. The van der Waals surface area contributed by atoms with Gasteiger partial charge < -0.3 is 4.57 Å². The lowest BCUT2D eigenvalue weighted by molar-refractivity contribution is 0.589. The molecule has 0 fully saturated rings. The first-order valence-corrected chi connectivity index (χ1v) is 20.5. The lowest BCUT2D eigenvalue weighted by Crippen LogP contribution is -2.53. The topological polar surface area (TPSA) is 30.7 Å². The summed E-state index contributed by atoms with van der Waals surface area (Å²) in [6, 6.07) is 49.2. The Bertz CT molecular complexity index is 2610. The molecular weight excluding hydrogens is 623 g/mol. The van der Waals surface area contributed by atoms with Crippen LogP contribution in [0.3, 0.4) is 0 Å². The van der Waals surface area contributed by atoms with E-state index in [1.807, 2.05) is 12.4 Å². The van der Waals surface area contributed by atoms with Gasteiger partial charge in [-0.2, -0.15) is 0 Å². The fraction of sp³-hybridized carbons (Fsp3) is 0.130. The predicted molar refractivity (Wildman–Crippen MR) is 214 cm³/mol. The molecule has 8 aromatic rings. The SMILES string of the molecule is CC(C)(C)c1ccnc(-c2cc(-c3ccccc3)cc([Si](C)(C)c3ccc4c(c3)-c3nccc5c6ccccc6n(c35)-c3ccccc3-4)c2)c1. The molecular formula is C46H39N3Si. The molecule has 9 rings (SSSR count). The molecule has 0 amide bonds. The summed E-state index contributed by atoms with van der Waals surface area (Å²) in [6.07, 6.45) is 3.95. The van der Waals surface area contributed by atoms with Crippen molar-refractivity contribution in [2.45, 2.75) is 39.3 Å². The van der Waals surface area contributed by atoms with Crippen molar-refractivity contribution in [3.63, 3.8) is 0 Å². The summed E-state index contributed by atoms with van der Waals surface area (Å²) in [5.74, 6) is 0. The van der Waals surface area contributed by atoms with Gasteiger partial charge in [-0.15, -0.1) is 0 Å². The number of aromatic nitrogens is 3. The lowest BCUT2D eigenvalue weighted by atomic mass is 9.87. The molecule has 0 bridgehead atoms. The average Bonchev–Trinajstić information content (AvgIpc) is 3.42.